The molecule has 1 atom stereocenters. The van der Waals surface area contributed by atoms with E-state index >= 15 is 0 Å². The second-order valence-corrected chi connectivity index (χ2v) is 5.77. The Morgan fingerprint density at radius 1 is 1.53 bits per heavy atom. The number of carbonyl (C=O) groups is 1. The van der Waals surface area contributed by atoms with Crippen LogP contribution in [0.2, 0.25) is 0 Å². The number of halogens is 4. The maximum absolute atomic E-state index is 12.3. The molecule has 0 amide bonds. The summed E-state index contributed by atoms with van der Waals surface area (Å²) in [6, 6.07) is 5.97. The monoisotopic (exact) mass is 351 g/mol. The van der Waals surface area contributed by atoms with Gasteiger partial charge in [-0.05, 0) is 41.9 Å². The number of alkyl halides is 4. The van der Waals surface area contributed by atoms with Gasteiger partial charge in [-0.1, -0.05) is 22.0 Å². The van der Waals surface area contributed by atoms with Crippen molar-refractivity contribution in [1.29, 1.82) is 5.26 Å². The number of carbonyl (C=O) groups excluding carboxylic acids is 1. The van der Waals surface area contributed by atoms with Gasteiger partial charge in [-0.15, -0.1) is 0 Å². The molecule has 19 heavy (non-hydrogen) atoms. The third kappa shape index (κ3) is 4.88. The Bertz CT molecular complexity index is 525. The molecule has 0 aromatic heterocycles. The number of Topliss-reactive ketones (excluding diaryl/α,β-unsaturated/α-hetero) is 1. The van der Waals surface area contributed by atoms with Crippen LogP contribution in [0.4, 0.5) is 13.2 Å². The largest absolute Gasteiger partial charge is 0.446 e. The fourth-order valence-corrected chi connectivity index (χ4v) is 2.49. The van der Waals surface area contributed by atoms with Gasteiger partial charge in [0.05, 0.1) is 17.3 Å². The fourth-order valence-electron chi connectivity index (χ4n) is 1.47. The van der Waals surface area contributed by atoms with E-state index in [-0.39, 0.29) is 28.9 Å². The third-order valence-corrected chi connectivity index (χ3v) is 4.11. The molecule has 0 aliphatic rings. The highest BCUT2D eigenvalue weighted by molar-refractivity contribution is 9.09. The van der Waals surface area contributed by atoms with E-state index in [1.165, 1.54) is 25.1 Å². The number of thioether (sulfide) groups is 1. The topological polar surface area (TPSA) is 40.9 Å². The molecular weight excluding hydrogens is 343 g/mol. The second kappa shape index (κ2) is 6.44. The van der Waals surface area contributed by atoms with Crippen molar-refractivity contribution in [1.82, 2.24) is 0 Å². The van der Waals surface area contributed by atoms with Crippen molar-refractivity contribution >= 4 is 33.5 Å². The Labute approximate surface area is 121 Å². The van der Waals surface area contributed by atoms with E-state index in [2.05, 4.69) is 15.9 Å². The first-order chi connectivity index (χ1) is 8.74. The number of hydrogen-bond acceptors (Lipinski definition) is 3. The molecule has 2 nitrogen and oxygen atoms in total. The van der Waals surface area contributed by atoms with Gasteiger partial charge in [0.25, 0.3) is 0 Å². The van der Waals surface area contributed by atoms with Crippen LogP contribution in [0.3, 0.4) is 0 Å². The Morgan fingerprint density at radius 3 is 2.63 bits per heavy atom. The lowest BCUT2D eigenvalue weighted by Crippen LogP contribution is -2.06. The van der Waals surface area contributed by atoms with Crippen LogP contribution in [0.15, 0.2) is 23.1 Å². The molecule has 0 N–H and O–H groups in total. The van der Waals surface area contributed by atoms with Crippen molar-refractivity contribution in [2.24, 2.45) is 0 Å². The molecule has 1 rings (SSSR count). The predicted octanol–water partition coefficient (Wildman–Crippen LogP) is 4.39. The highest BCUT2D eigenvalue weighted by atomic mass is 79.9. The summed E-state index contributed by atoms with van der Waals surface area (Å²) in [5.74, 6) is -0.228. The molecule has 1 aromatic rings. The molecule has 0 saturated carbocycles. The number of nitrogens with zero attached hydrogens (tertiary/aromatic N) is 1. The minimum absolute atomic E-state index is 0.00473. The van der Waals surface area contributed by atoms with Gasteiger partial charge in [0.15, 0.2) is 0 Å². The molecule has 1 unspecified atom stereocenters. The van der Waals surface area contributed by atoms with Crippen LogP contribution < -0.4 is 0 Å². The van der Waals surface area contributed by atoms with E-state index in [0.29, 0.717) is 11.1 Å². The van der Waals surface area contributed by atoms with E-state index in [1.807, 2.05) is 6.07 Å². The van der Waals surface area contributed by atoms with Crippen LogP contribution in [0.25, 0.3) is 0 Å². The zero-order valence-corrected chi connectivity index (χ0v) is 12.2. The number of benzene rings is 1. The van der Waals surface area contributed by atoms with E-state index in [4.69, 9.17) is 5.26 Å². The summed E-state index contributed by atoms with van der Waals surface area (Å²) in [6.45, 7) is 1.33. The summed E-state index contributed by atoms with van der Waals surface area (Å²) >= 11 is 2.89. The first-order valence-corrected chi connectivity index (χ1v) is 6.88. The van der Waals surface area contributed by atoms with Crippen molar-refractivity contribution < 1.29 is 18.0 Å². The fraction of sp³-hybridized carbons (Fsp3) is 0.333. The molecule has 0 radical (unpaired) electrons. The Hall–Kier alpha value is -1.00. The Balaban J connectivity index is 3.19. The van der Waals surface area contributed by atoms with Crippen LogP contribution in [0.5, 0.6) is 0 Å². The van der Waals surface area contributed by atoms with Crippen LogP contribution in [0.1, 0.15) is 22.9 Å². The van der Waals surface area contributed by atoms with Gasteiger partial charge in [-0.25, -0.2) is 0 Å². The maximum atomic E-state index is 12.3. The summed E-state index contributed by atoms with van der Waals surface area (Å²) in [7, 11) is 0. The summed E-state index contributed by atoms with van der Waals surface area (Å²) in [5, 5.41) is 8.68. The van der Waals surface area contributed by atoms with Crippen LogP contribution in [0, 0.1) is 11.3 Å². The molecule has 1 aromatic carbocycles. The van der Waals surface area contributed by atoms with E-state index in [1.54, 1.807) is 0 Å². The van der Waals surface area contributed by atoms with Crippen molar-refractivity contribution in [2.75, 3.05) is 0 Å². The minimum atomic E-state index is -4.38. The molecule has 0 fully saturated rings. The minimum Gasteiger partial charge on any atom is -0.298 e. The van der Waals surface area contributed by atoms with Gasteiger partial charge in [0, 0.05) is 4.90 Å². The molecule has 0 heterocycles. The molecule has 7 heteroatoms. The second-order valence-electron chi connectivity index (χ2n) is 3.72. The summed E-state index contributed by atoms with van der Waals surface area (Å²) in [4.78, 5) is 10.6. The molecule has 0 aliphatic carbocycles. The number of nitriles is 1. The molecule has 0 aliphatic heterocycles. The lowest BCUT2D eigenvalue weighted by molar-refractivity contribution is -0.116. The number of hydrogen-bond donors (Lipinski definition) is 0. The van der Waals surface area contributed by atoms with E-state index in [9.17, 15) is 18.0 Å². The quantitative estimate of drug-likeness (QED) is 0.596. The number of ketones is 1. The third-order valence-electron chi connectivity index (χ3n) is 2.25. The molecule has 0 bridgehead atoms. The first kappa shape index (κ1) is 16.1. The lowest BCUT2D eigenvalue weighted by atomic mass is 10.0. The van der Waals surface area contributed by atoms with E-state index in [0.717, 1.165) is 0 Å². The van der Waals surface area contributed by atoms with Gasteiger partial charge < -0.3 is 0 Å². The average Bonchev–Trinajstić information content (AvgIpc) is 2.28. The van der Waals surface area contributed by atoms with E-state index < -0.39 is 10.3 Å². The summed E-state index contributed by atoms with van der Waals surface area (Å²) in [5.41, 5.74) is -3.43. The summed E-state index contributed by atoms with van der Waals surface area (Å²) < 4.78 is 36.9. The van der Waals surface area contributed by atoms with Gasteiger partial charge >= 0.3 is 5.51 Å². The van der Waals surface area contributed by atoms with Crippen molar-refractivity contribution in [2.45, 2.75) is 28.6 Å². The molecule has 0 spiro atoms. The predicted molar refractivity (Wildman–Crippen MR) is 70.0 cm³/mol. The Kier molecular flexibility index (Phi) is 5.44. The molecule has 102 valence electrons. The van der Waals surface area contributed by atoms with Gasteiger partial charge in [-0.2, -0.15) is 18.4 Å². The first-order valence-electron chi connectivity index (χ1n) is 5.14. The SMILES string of the molecule is CC(=O)C(Br)c1cc(SC(F)(F)F)ccc1CC#N. The standard InChI is InChI=1S/C12H9BrF3NOS/c1-7(18)11(13)10-6-9(19-12(14,15)16)3-2-8(10)4-5-17/h2-3,6,11H,4H2,1H3. The van der Waals surface area contributed by atoms with Crippen LogP contribution in [-0.4, -0.2) is 11.3 Å². The highest BCUT2D eigenvalue weighted by Gasteiger charge is 2.30. The van der Waals surface area contributed by atoms with Crippen molar-refractivity contribution in [3.8, 4) is 6.07 Å². The normalized spacial score (nSPS) is 12.8. The van der Waals surface area contributed by atoms with Gasteiger partial charge in [-0.3, -0.25) is 4.79 Å². The molecule has 0 saturated heterocycles. The van der Waals surface area contributed by atoms with Crippen LogP contribution >= 0.6 is 27.7 Å². The maximum Gasteiger partial charge on any atom is 0.446 e. The van der Waals surface area contributed by atoms with Crippen molar-refractivity contribution in [3.05, 3.63) is 29.3 Å². The number of rotatable bonds is 4. The smallest absolute Gasteiger partial charge is 0.298 e. The lowest BCUT2D eigenvalue weighted by Gasteiger charge is -2.13. The summed E-state index contributed by atoms with van der Waals surface area (Å²) in [6.07, 6.45) is 0.0433. The average molecular weight is 352 g/mol. The zero-order valence-electron chi connectivity index (χ0n) is 9.79. The Morgan fingerprint density at radius 2 is 2.16 bits per heavy atom. The van der Waals surface area contributed by atoms with Crippen molar-refractivity contribution in [3.63, 3.8) is 0 Å². The zero-order chi connectivity index (χ0) is 14.6. The van der Waals surface area contributed by atoms with Gasteiger partial charge in [0.2, 0.25) is 0 Å². The van der Waals surface area contributed by atoms with Gasteiger partial charge in [0.1, 0.15) is 5.78 Å². The van der Waals surface area contributed by atoms with Crippen LogP contribution in [-0.2, 0) is 11.2 Å². The highest BCUT2D eigenvalue weighted by Crippen LogP contribution is 2.39. The molecular formula is C12H9BrF3NOS.